The summed E-state index contributed by atoms with van der Waals surface area (Å²) in [5.41, 5.74) is 1.58. The van der Waals surface area contributed by atoms with Gasteiger partial charge in [-0.05, 0) is 24.3 Å². The van der Waals surface area contributed by atoms with Gasteiger partial charge in [-0.25, -0.2) is 4.79 Å². The number of aromatic nitrogens is 1. The van der Waals surface area contributed by atoms with Gasteiger partial charge in [-0.3, -0.25) is 9.88 Å². The van der Waals surface area contributed by atoms with Gasteiger partial charge >= 0.3 is 6.03 Å². The highest BCUT2D eigenvalue weighted by Gasteiger charge is 2.24. The van der Waals surface area contributed by atoms with E-state index in [0.29, 0.717) is 36.9 Å². The molecule has 1 saturated heterocycles. The fraction of sp³-hybridized carbons (Fsp3) is 0.368. The summed E-state index contributed by atoms with van der Waals surface area (Å²) in [5.74, 6) is 1.32. The minimum Gasteiger partial charge on any atom is -0.454 e. The quantitative estimate of drug-likeness (QED) is 0.838. The highest BCUT2D eigenvalue weighted by molar-refractivity contribution is 5.89. The van der Waals surface area contributed by atoms with Gasteiger partial charge in [-0.1, -0.05) is 6.07 Å². The molecule has 1 aromatic heterocycles. The number of morpholine rings is 1. The Bertz CT molecular complexity index is 781. The summed E-state index contributed by atoms with van der Waals surface area (Å²) in [5, 5.41) is 5.78. The Kier molecular flexibility index (Phi) is 5.36. The van der Waals surface area contributed by atoms with Crippen molar-refractivity contribution >= 4 is 11.7 Å². The van der Waals surface area contributed by atoms with Gasteiger partial charge in [0.05, 0.1) is 24.9 Å². The van der Waals surface area contributed by atoms with Gasteiger partial charge < -0.3 is 24.8 Å². The number of fused-ring (bicyclic) bond motifs is 1. The minimum atomic E-state index is -0.275. The lowest BCUT2D eigenvalue weighted by Gasteiger charge is -2.34. The van der Waals surface area contributed by atoms with Gasteiger partial charge in [0.15, 0.2) is 11.5 Å². The molecular weight excluding hydrogens is 348 g/mol. The number of nitrogens with one attached hydrogen (secondary N) is 2. The second kappa shape index (κ2) is 8.24. The number of carbonyl (C=O) groups is 1. The number of hydrogen-bond donors (Lipinski definition) is 2. The zero-order valence-corrected chi connectivity index (χ0v) is 14.9. The molecule has 0 saturated carbocycles. The van der Waals surface area contributed by atoms with Crippen molar-refractivity contribution in [1.82, 2.24) is 15.2 Å². The molecule has 1 atom stereocenters. The summed E-state index contributed by atoms with van der Waals surface area (Å²) in [6.07, 6.45) is 1.77. The van der Waals surface area contributed by atoms with E-state index in [2.05, 4.69) is 20.5 Å². The largest absolute Gasteiger partial charge is 0.454 e. The number of benzene rings is 1. The number of nitrogens with zero attached hydrogens (tertiary/aromatic N) is 2. The van der Waals surface area contributed by atoms with Gasteiger partial charge in [0.25, 0.3) is 0 Å². The smallest absolute Gasteiger partial charge is 0.319 e. The first-order valence-corrected chi connectivity index (χ1v) is 8.97. The molecule has 2 N–H and O–H groups in total. The zero-order valence-electron chi connectivity index (χ0n) is 14.9. The summed E-state index contributed by atoms with van der Waals surface area (Å²) in [7, 11) is 0. The van der Waals surface area contributed by atoms with Gasteiger partial charge in [-0.15, -0.1) is 0 Å². The van der Waals surface area contributed by atoms with Crippen LogP contribution >= 0.6 is 0 Å². The topological polar surface area (TPSA) is 85.0 Å². The molecule has 8 heteroatoms. The van der Waals surface area contributed by atoms with Crippen LogP contribution in [0.15, 0.2) is 42.6 Å². The van der Waals surface area contributed by atoms with Gasteiger partial charge in [0.2, 0.25) is 6.79 Å². The van der Waals surface area contributed by atoms with Crippen LogP contribution in [0.5, 0.6) is 11.5 Å². The maximum atomic E-state index is 12.4. The maximum Gasteiger partial charge on any atom is 0.319 e. The molecule has 1 fully saturated rings. The Morgan fingerprint density at radius 3 is 2.81 bits per heavy atom. The lowest BCUT2D eigenvalue weighted by atomic mass is 10.1. The van der Waals surface area contributed by atoms with Gasteiger partial charge in [0, 0.05) is 37.6 Å². The van der Waals surface area contributed by atoms with E-state index < -0.39 is 0 Å². The molecule has 8 nitrogen and oxygen atoms in total. The molecule has 0 radical (unpaired) electrons. The van der Waals surface area contributed by atoms with E-state index in [1.165, 1.54) is 0 Å². The minimum absolute atomic E-state index is 0.00222. The highest BCUT2D eigenvalue weighted by atomic mass is 16.7. The molecule has 2 aliphatic heterocycles. The van der Waals surface area contributed by atoms with Crippen molar-refractivity contribution in [3.63, 3.8) is 0 Å². The average Bonchev–Trinajstić information content (AvgIpc) is 3.18. The van der Waals surface area contributed by atoms with Crippen LogP contribution in [-0.2, 0) is 4.74 Å². The van der Waals surface area contributed by atoms with Crippen LogP contribution in [0.3, 0.4) is 0 Å². The fourth-order valence-corrected chi connectivity index (χ4v) is 3.22. The van der Waals surface area contributed by atoms with Crippen LogP contribution in [0.4, 0.5) is 10.5 Å². The van der Waals surface area contributed by atoms with E-state index >= 15 is 0 Å². The molecule has 27 heavy (non-hydrogen) atoms. The van der Waals surface area contributed by atoms with Crippen molar-refractivity contribution in [2.75, 3.05) is 45.0 Å². The third-order valence-electron chi connectivity index (χ3n) is 4.60. The third kappa shape index (κ3) is 4.29. The van der Waals surface area contributed by atoms with Gasteiger partial charge in [-0.2, -0.15) is 0 Å². The summed E-state index contributed by atoms with van der Waals surface area (Å²) >= 11 is 0. The van der Waals surface area contributed by atoms with Crippen molar-refractivity contribution in [3.8, 4) is 11.5 Å². The number of carbonyl (C=O) groups excluding carboxylic acids is 1. The van der Waals surface area contributed by atoms with Crippen LogP contribution in [0.1, 0.15) is 11.7 Å². The molecule has 0 bridgehead atoms. The highest BCUT2D eigenvalue weighted by Crippen LogP contribution is 2.34. The number of hydrogen-bond acceptors (Lipinski definition) is 6. The molecule has 1 aromatic carbocycles. The van der Waals surface area contributed by atoms with Crippen molar-refractivity contribution in [1.29, 1.82) is 0 Å². The van der Waals surface area contributed by atoms with Crippen LogP contribution < -0.4 is 20.1 Å². The molecule has 2 amide bonds. The predicted molar refractivity (Wildman–Crippen MR) is 99.0 cm³/mol. The first-order chi connectivity index (χ1) is 13.3. The molecule has 0 aliphatic carbocycles. The van der Waals surface area contributed by atoms with Crippen molar-refractivity contribution in [3.05, 3.63) is 48.3 Å². The van der Waals surface area contributed by atoms with Crippen LogP contribution in [0, 0.1) is 0 Å². The Balaban J connectivity index is 1.38. The lowest BCUT2D eigenvalue weighted by molar-refractivity contribution is 0.0159. The SMILES string of the molecule is O=C(NC[C@H](c1ccccn1)N1CCOCC1)Nc1ccc2c(c1)OCO2. The normalized spacial score (nSPS) is 17.3. The molecule has 2 aromatic rings. The van der Waals surface area contributed by atoms with Crippen LogP contribution in [0.2, 0.25) is 0 Å². The van der Waals surface area contributed by atoms with E-state index in [9.17, 15) is 4.79 Å². The zero-order chi connectivity index (χ0) is 18.5. The number of rotatable bonds is 5. The number of urea groups is 1. The number of anilines is 1. The molecule has 2 aliphatic rings. The molecular formula is C19H22N4O4. The molecule has 0 spiro atoms. The van der Waals surface area contributed by atoms with E-state index in [1.54, 1.807) is 24.4 Å². The lowest BCUT2D eigenvalue weighted by Crippen LogP contribution is -2.44. The second-order valence-electron chi connectivity index (χ2n) is 6.32. The third-order valence-corrected chi connectivity index (χ3v) is 4.60. The summed E-state index contributed by atoms with van der Waals surface area (Å²) in [6, 6.07) is 10.9. The predicted octanol–water partition coefficient (Wildman–Crippen LogP) is 2.01. The standard InChI is InChI=1S/C19H22N4O4/c24-19(22-14-4-5-17-18(11-14)27-13-26-17)21-12-16(15-3-1-2-6-20-15)23-7-9-25-10-8-23/h1-6,11,16H,7-10,12-13H2,(H2,21,22,24)/t16-/m1/s1. The number of amides is 2. The maximum absolute atomic E-state index is 12.4. The van der Waals surface area contributed by atoms with Crippen molar-refractivity contribution in [2.24, 2.45) is 0 Å². The second-order valence-corrected chi connectivity index (χ2v) is 6.32. The van der Waals surface area contributed by atoms with Crippen molar-refractivity contribution < 1.29 is 19.0 Å². The Morgan fingerprint density at radius 1 is 1.15 bits per heavy atom. The summed E-state index contributed by atoms with van der Waals surface area (Å²) in [4.78, 5) is 19.1. The summed E-state index contributed by atoms with van der Waals surface area (Å²) in [6.45, 7) is 3.66. The first-order valence-electron chi connectivity index (χ1n) is 8.97. The Labute approximate surface area is 157 Å². The summed E-state index contributed by atoms with van der Waals surface area (Å²) < 4.78 is 16.1. The van der Waals surface area contributed by atoms with E-state index in [1.807, 2.05) is 18.2 Å². The van der Waals surface area contributed by atoms with Crippen molar-refractivity contribution in [2.45, 2.75) is 6.04 Å². The first kappa shape index (κ1) is 17.6. The average molecular weight is 370 g/mol. The van der Waals surface area contributed by atoms with Gasteiger partial charge in [0.1, 0.15) is 0 Å². The Hall–Kier alpha value is -2.84. The Morgan fingerprint density at radius 2 is 2.00 bits per heavy atom. The number of pyridine rings is 1. The monoisotopic (exact) mass is 370 g/mol. The van der Waals surface area contributed by atoms with Crippen LogP contribution in [0.25, 0.3) is 0 Å². The molecule has 4 rings (SSSR count). The molecule has 0 unspecified atom stereocenters. The van der Waals surface area contributed by atoms with E-state index in [4.69, 9.17) is 14.2 Å². The molecule has 3 heterocycles. The van der Waals surface area contributed by atoms with Crippen LogP contribution in [-0.4, -0.2) is 55.6 Å². The van der Waals surface area contributed by atoms with E-state index in [-0.39, 0.29) is 18.9 Å². The fourth-order valence-electron chi connectivity index (χ4n) is 3.22. The molecule has 142 valence electrons. The number of ether oxygens (including phenoxy) is 3. The van der Waals surface area contributed by atoms with E-state index in [0.717, 1.165) is 18.8 Å².